The molecule has 0 N–H and O–H groups in total. The maximum Gasteiger partial charge on any atom is 0.157 e. The first-order chi connectivity index (χ1) is 8.58. The summed E-state index contributed by atoms with van der Waals surface area (Å²) >= 11 is 3.52. The molecule has 0 bridgehead atoms. The zero-order valence-corrected chi connectivity index (χ0v) is 12.5. The molecule has 2 aromatic rings. The van der Waals surface area contributed by atoms with Gasteiger partial charge < -0.3 is 14.0 Å². The Morgan fingerprint density at radius 1 is 1.00 bits per heavy atom. The molecule has 2 rings (SSSR count). The number of nitrogens with zero attached hydrogens (tertiary/aromatic N) is 1. The minimum absolute atomic E-state index is 0.796. The zero-order valence-electron chi connectivity index (χ0n) is 11.0. The van der Waals surface area contributed by atoms with Crippen LogP contribution in [0, 0.1) is 13.8 Å². The molecule has 0 fully saturated rings. The van der Waals surface area contributed by atoms with Gasteiger partial charge in [0.05, 0.1) is 24.4 Å². The summed E-state index contributed by atoms with van der Waals surface area (Å²) in [7, 11) is 3.33. The summed E-state index contributed by atoms with van der Waals surface area (Å²) in [4.78, 5) is 0. The summed E-state index contributed by atoms with van der Waals surface area (Å²) in [6, 6.07) is 8.05. The molecule has 96 valence electrons. The first-order valence-corrected chi connectivity index (χ1v) is 6.44. The molecule has 18 heavy (non-hydrogen) atoms. The summed E-state index contributed by atoms with van der Waals surface area (Å²) in [6.07, 6.45) is 0. The highest BCUT2D eigenvalue weighted by Gasteiger charge is 2.14. The fourth-order valence-corrected chi connectivity index (χ4v) is 2.68. The van der Waals surface area contributed by atoms with Crippen LogP contribution in [0.4, 0.5) is 0 Å². The number of rotatable bonds is 3. The summed E-state index contributed by atoms with van der Waals surface area (Å²) in [5, 5.41) is 0. The van der Waals surface area contributed by atoms with Crippen molar-refractivity contribution in [1.29, 1.82) is 0 Å². The molecule has 1 aromatic heterocycles. The van der Waals surface area contributed by atoms with Crippen LogP contribution in [-0.4, -0.2) is 18.8 Å². The van der Waals surface area contributed by atoms with Crippen LogP contribution in [0.3, 0.4) is 0 Å². The third kappa shape index (κ3) is 2.12. The number of aromatic nitrogens is 1. The molecule has 0 aliphatic carbocycles. The fraction of sp³-hybridized carbons (Fsp3) is 0.286. The molecule has 4 heteroatoms. The van der Waals surface area contributed by atoms with E-state index in [4.69, 9.17) is 9.47 Å². The standard InChI is InChI=1S/C14H16BrNO2/c1-9-5-6-10(2)16(9)13-8-11(17-3)7-12(15)14(13)18-4/h5-8H,1-4H3. The van der Waals surface area contributed by atoms with Crippen molar-refractivity contribution in [3.05, 3.63) is 40.1 Å². The number of aryl methyl sites for hydroxylation is 2. The highest BCUT2D eigenvalue weighted by atomic mass is 79.9. The van der Waals surface area contributed by atoms with E-state index in [-0.39, 0.29) is 0 Å². The van der Waals surface area contributed by atoms with E-state index in [1.807, 2.05) is 12.1 Å². The average Bonchev–Trinajstić information content (AvgIpc) is 2.68. The van der Waals surface area contributed by atoms with Gasteiger partial charge in [-0.1, -0.05) is 0 Å². The van der Waals surface area contributed by atoms with E-state index in [0.29, 0.717) is 0 Å². The van der Waals surface area contributed by atoms with Crippen molar-refractivity contribution in [2.45, 2.75) is 13.8 Å². The molecule has 0 amide bonds. The Kier molecular flexibility index (Phi) is 3.66. The van der Waals surface area contributed by atoms with Crippen LogP contribution in [-0.2, 0) is 0 Å². The first kappa shape index (κ1) is 13.0. The van der Waals surface area contributed by atoms with Crippen molar-refractivity contribution in [3.8, 4) is 17.2 Å². The van der Waals surface area contributed by atoms with Crippen molar-refractivity contribution in [2.75, 3.05) is 14.2 Å². The summed E-state index contributed by atoms with van der Waals surface area (Å²) in [5.41, 5.74) is 3.29. The zero-order chi connectivity index (χ0) is 13.3. The van der Waals surface area contributed by atoms with Gasteiger partial charge in [0.2, 0.25) is 0 Å². The minimum Gasteiger partial charge on any atom is -0.497 e. The molecular weight excluding hydrogens is 294 g/mol. The number of methoxy groups -OCH3 is 2. The summed E-state index contributed by atoms with van der Waals surface area (Å²) in [5.74, 6) is 1.60. The molecule has 0 aliphatic heterocycles. The Hall–Kier alpha value is -1.42. The Morgan fingerprint density at radius 2 is 1.61 bits per heavy atom. The van der Waals surface area contributed by atoms with E-state index in [2.05, 4.69) is 46.5 Å². The highest BCUT2D eigenvalue weighted by Crippen LogP contribution is 2.37. The average molecular weight is 310 g/mol. The molecule has 0 unspecified atom stereocenters. The summed E-state index contributed by atoms with van der Waals surface area (Å²) < 4.78 is 13.8. The highest BCUT2D eigenvalue weighted by molar-refractivity contribution is 9.10. The van der Waals surface area contributed by atoms with Crippen LogP contribution in [0.1, 0.15) is 11.4 Å². The van der Waals surface area contributed by atoms with Crippen LogP contribution < -0.4 is 9.47 Å². The van der Waals surface area contributed by atoms with Crippen molar-refractivity contribution < 1.29 is 9.47 Å². The van der Waals surface area contributed by atoms with E-state index < -0.39 is 0 Å². The molecule has 3 nitrogen and oxygen atoms in total. The van der Waals surface area contributed by atoms with E-state index in [1.165, 1.54) is 0 Å². The molecule has 0 saturated carbocycles. The van der Waals surface area contributed by atoms with Crippen molar-refractivity contribution in [3.63, 3.8) is 0 Å². The second kappa shape index (κ2) is 5.06. The van der Waals surface area contributed by atoms with Gasteiger partial charge in [-0.2, -0.15) is 0 Å². The quantitative estimate of drug-likeness (QED) is 0.859. The number of benzene rings is 1. The molecule has 0 aliphatic rings. The number of halogens is 1. The van der Waals surface area contributed by atoms with Gasteiger partial charge in [-0.05, 0) is 48.0 Å². The van der Waals surface area contributed by atoms with Gasteiger partial charge in [-0.25, -0.2) is 0 Å². The van der Waals surface area contributed by atoms with Crippen LogP contribution in [0.2, 0.25) is 0 Å². The van der Waals surface area contributed by atoms with E-state index in [1.54, 1.807) is 14.2 Å². The van der Waals surface area contributed by atoms with Crippen LogP contribution in [0.25, 0.3) is 5.69 Å². The van der Waals surface area contributed by atoms with Crippen LogP contribution in [0.15, 0.2) is 28.7 Å². The summed E-state index contributed by atoms with van der Waals surface area (Å²) in [6.45, 7) is 4.14. The lowest BCUT2D eigenvalue weighted by Crippen LogP contribution is -2.03. The lowest BCUT2D eigenvalue weighted by molar-refractivity contribution is 0.399. The van der Waals surface area contributed by atoms with E-state index in [9.17, 15) is 0 Å². The van der Waals surface area contributed by atoms with Crippen molar-refractivity contribution in [2.24, 2.45) is 0 Å². The van der Waals surface area contributed by atoms with Gasteiger partial charge in [-0.15, -0.1) is 0 Å². The Balaban J connectivity index is 2.73. The third-order valence-electron chi connectivity index (χ3n) is 2.95. The molecule has 0 radical (unpaired) electrons. The first-order valence-electron chi connectivity index (χ1n) is 5.65. The molecule has 1 heterocycles. The van der Waals surface area contributed by atoms with Gasteiger partial charge in [0.25, 0.3) is 0 Å². The van der Waals surface area contributed by atoms with E-state index >= 15 is 0 Å². The Labute approximate surface area is 115 Å². The van der Waals surface area contributed by atoms with Gasteiger partial charge in [-0.3, -0.25) is 0 Å². The van der Waals surface area contributed by atoms with Crippen LogP contribution in [0.5, 0.6) is 11.5 Å². The molecule has 1 aromatic carbocycles. The fourth-order valence-electron chi connectivity index (χ4n) is 2.09. The normalized spacial score (nSPS) is 10.5. The molecule has 0 atom stereocenters. The third-order valence-corrected chi connectivity index (χ3v) is 3.54. The van der Waals surface area contributed by atoms with E-state index in [0.717, 1.165) is 33.0 Å². The predicted octanol–water partition coefficient (Wildman–Crippen LogP) is 3.87. The predicted molar refractivity (Wildman–Crippen MR) is 76.0 cm³/mol. The maximum absolute atomic E-state index is 5.49. The smallest absolute Gasteiger partial charge is 0.157 e. The second-order valence-electron chi connectivity index (χ2n) is 4.11. The second-order valence-corrected chi connectivity index (χ2v) is 4.97. The lowest BCUT2D eigenvalue weighted by Gasteiger charge is -2.16. The van der Waals surface area contributed by atoms with Crippen molar-refractivity contribution in [1.82, 2.24) is 4.57 Å². The monoisotopic (exact) mass is 309 g/mol. The van der Waals surface area contributed by atoms with Gasteiger partial charge >= 0.3 is 0 Å². The topological polar surface area (TPSA) is 23.4 Å². The molecule has 0 spiro atoms. The SMILES string of the molecule is COc1cc(Br)c(OC)c(-n2c(C)ccc2C)c1. The maximum atomic E-state index is 5.49. The number of hydrogen-bond donors (Lipinski definition) is 0. The number of ether oxygens (including phenoxy) is 2. The Morgan fingerprint density at radius 3 is 2.11 bits per heavy atom. The van der Waals surface area contributed by atoms with Gasteiger partial charge in [0, 0.05) is 17.5 Å². The van der Waals surface area contributed by atoms with Crippen LogP contribution >= 0.6 is 15.9 Å². The van der Waals surface area contributed by atoms with Gasteiger partial charge in [0.1, 0.15) is 5.75 Å². The lowest BCUT2D eigenvalue weighted by atomic mass is 10.2. The van der Waals surface area contributed by atoms with Crippen molar-refractivity contribution >= 4 is 15.9 Å². The number of hydrogen-bond acceptors (Lipinski definition) is 2. The Bertz CT molecular complexity index is 556. The largest absolute Gasteiger partial charge is 0.497 e. The minimum atomic E-state index is 0.796. The molecular formula is C14H16BrNO2. The van der Waals surface area contributed by atoms with Gasteiger partial charge in [0.15, 0.2) is 5.75 Å². The molecule has 0 saturated heterocycles.